The average Bonchev–Trinajstić information content (AvgIpc) is 2.67. The van der Waals surface area contributed by atoms with Crippen LogP contribution in [0.1, 0.15) is 25.5 Å². The number of imidazole rings is 1. The molecular weight excluding hydrogens is 216 g/mol. The summed E-state index contributed by atoms with van der Waals surface area (Å²) in [6.45, 7) is 4.73. The summed E-state index contributed by atoms with van der Waals surface area (Å²) >= 11 is 0. The first-order valence-corrected chi connectivity index (χ1v) is 5.78. The van der Waals surface area contributed by atoms with Crippen LogP contribution in [0.4, 0.5) is 0 Å². The second-order valence-corrected chi connectivity index (χ2v) is 4.41. The van der Waals surface area contributed by atoms with Crippen molar-refractivity contribution in [3.8, 4) is 0 Å². The molecule has 1 aromatic heterocycles. The maximum atomic E-state index is 11.2. The van der Waals surface area contributed by atoms with E-state index in [9.17, 15) is 4.79 Å². The monoisotopic (exact) mass is 234 g/mol. The first-order chi connectivity index (χ1) is 8.10. The van der Waals surface area contributed by atoms with E-state index < -0.39 is 0 Å². The van der Waals surface area contributed by atoms with Crippen molar-refractivity contribution in [1.29, 1.82) is 0 Å². The van der Waals surface area contributed by atoms with Gasteiger partial charge in [-0.15, -0.1) is 0 Å². The third-order valence-corrected chi connectivity index (χ3v) is 2.93. The predicted octanol–water partition coefficient (Wildman–Crippen LogP) is 0.854. The topological polar surface area (TPSA) is 86.7 Å². The van der Waals surface area contributed by atoms with Crippen LogP contribution in [0.5, 0.6) is 0 Å². The Morgan fingerprint density at radius 3 is 2.71 bits per heavy atom. The Morgan fingerprint density at radius 2 is 2.00 bits per heavy atom. The van der Waals surface area contributed by atoms with Gasteiger partial charge in [0.15, 0.2) is 0 Å². The van der Waals surface area contributed by atoms with Crippen LogP contribution in [0.3, 0.4) is 0 Å². The van der Waals surface area contributed by atoms with Crippen LogP contribution in [0.2, 0.25) is 0 Å². The van der Waals surface area contributed by atoms with Crippen molar-refractivity contribution in [2.45, 2.75) is 25.9 Å². The standard InChI is InChI=1S/C12H18N4O/c1-7(6-13)14-8(2)9-3-4-10-11(5-9)16-12(17)15-10/h3-5,7-8,14H,6,13H2,1-2H3,(H2,15,16,17). The minimum atomic E-state index is -0.173. The Balaban J connectivity index is 2.26. The van der Waals surface area contributed by atoms with E-state index in [1.54, 1.807) is 0 Å². The van der Waals surface area contributed by atoms with E-state index in [1.807, 2.05) is 25.1 Å². The van der Waals surface area contributed by atoms with Crippen molar-refractivity contribution in [2.75, 3.05) is 6.54 Å². The van der Waals surface area contributed by atoms with E-state index in [0.717, 1.165) is 16.6 Å². The molecule has 2 atom stereocenters. The predicted molar refractivity (Wildman–Crippen MR) is 69.0 cm³/mol. The van der Waals surface area contributed by atoms with Gasteiger partial charge in [-0.3, -0.25) is 0 Å². The van der Waals surface area contributed by atoms with Gasteiger partial charge in [-0.2, -0.15) is 0 Å². The third-order valence-electron chi connectivity index (χ3n) is 2.93. The molecule has 0 aliphatic rings. The summed E-state index contributed by atoms with van der Waals surface area (Å²) in [5.74, 6) is 0. The fourth-order valence-corrected chi connectivity index (χ4v) is 1.91. The van der Waals surface area contributed by atoms with Crippen molar-refractivity contribution in [2.24, 2.45) is 5.73 Å². The Morgan fingerprint density at radius 1 is 1.29 bits per heavy atom. The fraction of sp³-hybridized carbons (Fsp3) is 0.417. The van der Waals surface area contributed by atoms with Gasteiger partial charge < -0.3 is 21.0 Å². The van der Waals surface area contributed by atoms with E-state index in [-0.39, 0.29) is 17.8 Å². The molecule has 0 amide bonds. The second-order valence-electron chi connectivity index (χ2n) is 4.41. The summed E-state index contributed by atoms with van der Waals surface area (Å²) in [5.41, 5.74) is 8.20. The highest BCUT2D eigenvalue weighted by atomic mass is 16.1. The van der Waals surface area contributed by atoms with Crippen LogP contribution in [0, 0.1) is 0 Å². The van der Waals surface area contributed by atoms with E-state index in [4.69, 9.17) is 5.73 Å². The van der Waals surface area contributed by atoms with Crippen LogP contribution in [0.15, 0.2) is 23.0 Å². The van der Waals surface area contributed by atoms with Crippen LogP contribution >= 0.6 is 0 Å². The van der Waals surface area contributed by atoms with Gasteiger partial charge in [0.1, 0.15) is 0 Å². The number of rotatable bonds is 4. The van der Waals surface area contributed by atoms with Gasteiger partial charge in [0.05, 0.1) is 11.0 Å². The molecule has 0 aliphatic carbocycles. The number of aromatic nitrogens is 2. The molecule has 92 valence electrons. The molecule has 5 nitrogen and oxygen atoms in total. The molecule has 2 aromatic rings. The highest BCUT2D eigenvalue weighted by Gasteiger charge is 2.09. The minimum absolute atomic E-state index is 0.173. The molecule has 2 unspecified atom stereocenters. The molecule has 2 rings (SSSR count). The maximum absolute atomic E-state index is 11.2. The quantitative estimate of drug-likeness (QED) is 0.632. The summed E-state index contributed by atoms with van der Waals surface area (Å²) in [6, 6.07) is 6.37. The van der Waals surface area contributed by atoms with Crippen LogP contribution in [0.25, 0.3) is 11.0 Å². The van der Waals surface area contributed by atoms with Gasteiger partial charge in [0.2, 0.25) is 0 Å². The third kappa shape index (κ3) is 2.57. The number of H-pyrrole nitrogens is 2. The minimum Gasteiger partial charge on any atom is -0.329 e. The lowest BCUT2D eigenvalue weighted by molar-refractivity contribution is 0.486. The number of fused-ring (bicyclic) bond motifs is 1. The van der Waals surface area contributed by atoms with Crippen LogP contribution in [-0.4, -0.2) is 22.6 Å². The molecule has 0 saturated heterocycles. The highest BCUT2D eigenvalue weighted by Crippen LogP contribution is 2.17. The zero-order valence-corrected chi connectivity index (χ0v) is 10.1. The summed E-state index contributed by atoms with van der Waals surface area (Å²) < 4.78 is 0. The molecule has 0 saturated carbocycles. The number of benzene rings is 1. The highest BCUT2D eigenvalue weighted by molar-refractivity contribution is 5.75. The van der Waals surface area contributed by atoms with Crippen LogP contribution in [-0.2, 0) is 0 Å². The smallest absolute Gasteiger partial charge is 0.323 e. The van der Waals surface area contributed by atoms with Crippen molar-refractivity contribution < 1.29 is 0 Å². The molecule has 0 spiro atoms. The number of aromatic amines is 2. The maximum Gasteiger partial charge on any atom is 0.323 e. The molecule has 5 heteroatoms. The summed E-state index contributed by atoms with van der Waals surface area (Å²) in [4.78, 5) is 16.6. The van der Waals surface area contributed by atoms with E-state index in [1.165, 1.54) is 0 Å². The van der Waals surface area contributed by atoms with E-state index in [2.05, 4.69) is 22.2 Å². The van der Waals surface area contributed by atoms with E-state index >= 15 is 0 Å². The van der Waals surface area contributed by atoms with Gasteiger partial charge in [-0.1, -0.05) is 6.07 Å². The zero-order valence-electron chi connectivity index (χ0n) is 10.1. The molecule has 17 heavy (non-hydrogen) atoms. The largest absolute Gasteiger partial charge is 0.329 e. The summed E-state index contributed by atoms with van der Waals surface area (Å²) in [6.07, 6.45) is 0. The molecule has 5 N–H and O–H groups in total. The van der Waals surface area contributed by atoms with Crippen LogP contribution < -0.4 is 16.7 Å². The summed E-state index contributed by atoms with van der Waals surface area (Å²) in [5, 5.41) is 3.39. The van der Waals surface area contributed by atoms with Gasteiger partial charge >= 0.3 is 5.69 Å². The average molecular weight is 234 g/mol. The number of nitrogens with two attached hydrogens (primary N) is 1. The van der Waals surface area contributed by atoms with Gasteiger partial charge in [-0.25, -0.2) is 4.79 Å². The Bertz CT molecular complexity index is 557. The normalized spacial score (nSPS) is 15.0. The molecular formula is C12H18N4O. The lowest BCUT2D eigenvalue weighted by atomic mass is 10.1. The molecule has 0 fully saturated rings. The Kier molecular flexibility index (Phi) is 3.31. The van der Waals surface area contributed by atoms with Crippen molar-refractivity contribution >= 4 is 11.0 Å². The molecule has 0 bridgehead atoms. The first kappa shape index (κ1) is 11.9. The van der Waals surface area contributed by atoms with Gasteiger partial charge in [0.25, 0.3) is 0 Å². The molecule has 1 heterocycles. The van der Waals surface area contributed by atoms with Crippen molar-refractivity contribution in [3.05, 3.63) is 34.2 Å². The van der Waals surface area contributed by atoms with E-state index in [0.29, 0.717) is 6.54 Å². The fourth-order valence-electron chi connectivity index (χ4n) is 1.91. The molecule has 1 aromatic carbocycles. The Hall–Kier alpha value is -1.59. The summed E-state index contributed by atoms with van der Waals surface area (Å²) in [7, 11) is 0. The first-order valence-electron chi connectivity index (χ1n) is 5.78. The second kappa shape index (κ2) is 4.73. The number of hydrogen-bond donors (Lipinski definition) is 4. The van der Waals surface area contributed by atoms with Crippen molar-refractivity contribution in [1.82, 2.24) is 15.3 Å². The lowest BCUT2D eigenvalue weighted by Gasteiger charge is -2.19. The Labute approximate surface area is 99.4 Å². The van der Waals surface area contributed by atoms with Gasteiger partial charge in [-0.05, 0) is 31.5 Å². The number of hydrogen-bond acceptors (Lipinski definition) is 3. The van der Waals surface area contributed by atoms with Crippen molar-refractivity contribution in [3.63, 3.8) is 0 Å². The molecule has 0 radical (unpaired) electrons. The lowest BCUT2D eigenvalue weighted by Crippen LogP contribution is -2.34. The zero-order chi connectivity index (χ0) is 12.4. The SMILES string of the molecule is CC(CN)NC(C)c1ccc2[nH]c(=O)[nH]c2c1. The number of nitrogens with one attached hydrogen (secondary N) is 3. The molecule has 0 aliphatic heterocycles. The van der Waals surface area contributed by atoms with Gasteiger partial charge in [0, 0.05) is 18.6 Å².